The minimum Gasteiger partial charge on any atom is -0.464 e. The SMILES string of the molecule is COC(=O)c1nc2n(c(=O)c1OC(=O)c1ccccc1)CCOCC2Br. The van der Waals surface area contributed by atoms with Gasteiger partial charge in [-0.15, -0.1) is 0 Å². The number of fused-ring (bicyclic) bond motifs is 1. The van der Waals surface area contributed by atoms with Gasteiger partial charge in [-0.3, -0.25) is 9.36 Å². The van der Waals surface area contributed by atoms with Crippen molar-refractivity contribution < 1.29 is 23.8 Å². The van der Waals surface area contributed by atoms with Crippen LogP contribution in [0.4, 0.5) is 0 Å². The van der Waals surface area contributed by atoms with Gasteiger partial charge < -0.3 is 14.2 Å². The molecule has 0 fully saturated rings. The highest BCUT2D eigenvalue weighted by Crippen LogP contribution is 2.25. The van der Waals surface area contributed by atoms with Crippen molar-refractivity contribution in [3.63, 3.8) is 0 Å². The molecule has 0 saturated heterocycles. The topological polar surface area (TPSA) is 96.7 Å². The van der Waals surface area contributed by atoms with E-state index in [1.54, 1.807) is 18.2 Å². The molecule has 1 aliphatic rings. The highest BCUT2D eigenvalue weighted by molar-refractivity contribution is 9.09. The smallest absolute Gasteiger partial charge is 0.360 e. The summed E-state index contributed by atoms with van der Waals surface area (Å²) in [6.45, 7) is 0.803. The zero-order valence-corrected chi connectivity index (χ0v) is 15.4. The number of methoxy groups -OCH3 is 1. The van der Waals surface area contributed by atoms with Gasteiger partial charge in [-0.25, -0.2) is 14.6 Å². The van der Waals surface area contributed by atoms with E-state index < -0.39 is 23.2 Å². The molecule has 3 rings (SSSR count). The van der Waals surface area contributed by atoms with Gasteiger partial charge in [0.1, 0.15) is 5.82 Å². The van der Waals surface area contributed by atoms with Gasteiger partial charge in [0, 0.05) is 0 Å². The zero-order chi connectivity index (χ0) is 18.7. The maximum atomic E-state index is 12.9. The highest BCUT2D eigenvalue weighted by Gasteiger charge is 2.29. The number of carbonyl (C=O) groups is 2. The fourth-order valence-electron chi connectivity index (χ4n) is 2.48. The third-order valence-electron chi connectivity index (χ3n) is 3.74. The van der Waals surface area contributed by atoms with Gasteiger partial charge in [0.2, 0.25) is 5.75 Å². The monoisotopic (exact) mass is 422 g/mol. The van der Waals surface area contributed by atoms with Crippen LogP contribution in [0.25, 0.3) is 0 Å². The molecule has 2 aromatic rings. The summed E-state index contributed by atoms with van der Waals surface area (Å²) in [6, 6.07) is 8.14. The van der Waals surface area contributed by atoms with Crippen LogP contribution >= 0.6 is 15.9 Å². The van der Waals surface area contributed by atoms with E-state index in [4.69, 9.17) is 9.47 Å². The van der Waals surface area contributed by atoms with E-state index in [9.17, 15) is 14.4 Å². The molecule has 9 heteroatoms. The molecule has 1 aromatic carbocycles. The maximum absolute atomic E-state index is 12.9. The van der Waals surface area contributed by atoms with Crippen LogP contribution in [0.2, 0.25) is 0 Å². The number of rotatable bonds is 3. The summed E-state index contributed by atoms with van der Waals surface area (Å²) in [7, 11) is 1.16. The molecular weight excluding hydrogens is 408 g/mol. The van der Waals surface area contributed by atoms with Crippen molar-refractivity contribution in [3.05, 3.63) is 57.8 Å². The first-order chi connectivity index (χ1) is 12.5. The van der Waals surface area contributed by atoms with E-state index in [2.05, 4.69) is 25.7 Å². The first-order valence-corrected chi connectivity index (χ1v) is 8.66. The molecule has 1 unspecified atom stereocenters. The van der Waals surface area contributed by atoms with Crippen LogP contribution in [0, 0.1) is 0 Å². The Morgan fingerprint density at radius 1 is 1.27 bits per heavy atom. The van der Waals surface area contributed by atoms with E-state index in [0.717, 1.165) is 7.11 Å². The predicted molar refractivity (Wildman–Crippen MR) is 93.7 cm³/mol. The van der Waals surface area contributed by atoms with Gasteiger partial charge in [-0.2, -0.15) is 0 Å². The van der Waals surface area contributed by atoms with Crippen molar-refractivity contribution in [3.8, 4) is 5.75 Å². The number of alkyl halides is 1. The molecular formula is C17H15BrN2O6. The Kier molecular flexibility index (Phi) is 5.48. The molecule has 0 bridgehead atoms. The van der Waals surface area contributed by atoms with E-state index in [1.807, 2.05) is 0 Å². The Morgan fingerprint density at radius 3 is 2.69 bits per heavy atom. The van der Waals surface area contributed by atoms with Crippen molar-refractivity contribution in [1.82, 2.24) is 9.55 Å². The van der Waals surface area contributed by atoms with Crippen LogP contribution in [-0.4, -0.2) is 41.8 Å². The van der Waals surface area contributed by atoms with Crippen molar-refractivity contribution in [2.24, 2.45) is 0 Å². The molecule has 1 aromatic heterocycles. The summed E-state index contributed by atoms with van der Waals surface area (Å²) in [6.07, 6.45) is 0. The molecule has 0 N–H and O–H groups in total. The molecule has 136 valence electrons. The molecule has 0 aliphatic carbocycles. The number of halogens is 1. The Morgan fingerprint density at radius 2 is 2.00 bits per heavy atom. The first kappa shape index (κ1) is 18.3. The highest BCUT2D eigenvalue weighted by atomic mass is 79.9. The van der Waals surface area contributed by atoms with E-state index in [-0.39, 0.29) is 29.2 Å². The van der Waals surface area contributed by atoms with E-state index in [1.165, 1.54) is 16.7 Å². The van der Waals surface area contributed by atoms with Crippen LogP contribution in [0.15, 0.2) is 35.1 Å². The summed E-state index contributed by atoms with van der Waals surface area (Å²) in [5.41, 5.74) is -0.752. The lowest BCUT2D eigenvalue weighted by Crippen LogP contribution is -2.31. The normalized spacial score (nSPS) is 16.3. The van der Waals surface area contributed by atoms with Gasteiger partial charge in [0.25, 0.3) is 5.56 Å². The molecule has 1 aliphatic heterocycles. The van der Waals surface area contributed by atoms with E-state index in [0.29, 0.717) is 12.4 Å². The summed E-state index contributed by atoms with van der Waals surface area (Å²) in [5, 5.41) is 0. The molecule has 0 saturated carbocycles. The third-order valence-corrected chi connectivity index (χ3v) is 4.42. The first-order valence-electron chi connectivity index (χ1n) is 7.75. The number of ether oxygens (including phenoxy) is 3. The van der Waals surface area contributed by atoms with Crippen LogP contribution in [0.1, 0.15) is 31.5 Å². The second kappa shape index (κ2) is 7.79. The van der Waals surface area contributed by atoms with Gasteiger partial charge in [0.15, 0.2) is 5.69 Å². The van der Waals surface area contributed by atoms with Crippen molar-refractivity contribution in [1.29, 1.82) is 0 Å². The summed E-state index contributed by atoms with van der Waals surface area (Å²) in [4.78, 5) is 41.2. The molecule has 0 amide bonds. The predicted octanol–water partition coefficient (Wildman–Crippen LogP) is 1.72. The summed E-state index contributed by atoms with van der Waals surface area (Å²) in [5.74, 6) is -1.79. The number of carbonyl (C=O) groups excluding carboxylic acids is 2. The summed E-state index contributed by atoms with van der Waals surface area (Å²) >= 11 is 3.38. The van der Waals surface area contributed by atoms with Crippen LogP contribution in [0.3, 0.4) is 0 Å². The van der Waals surface area contributed by atoms with Crippen molar-refractivity contribution in [2.75, 3.05) is 20.3 Å². The standard InChI is InChI=1S/C17H15BrN2O6/c1-24-17(23)12-13(26-16(22)10-5-3-2-4-6-10)15(21)20-7-8-25-9-11(18)14(20)19-12/h2-6,11H,7-9H2,1H3. The fraction of sp³-hybridized carbons (Fsp3) is 0.294. The summed E-state index contributed by atoms with van der Waals surface area (Å²) < 4.78 is 16.6. The maximum Gasteiger partial charge on any atom is 0.360 e. The number of benzene rings is 1. The van der Waals surface area contributed by atoms with Crippen LogP contribution in [0.5, 0.6) is 5.75 Å². The molecule has 26 heavy (non-hydrogen) atoms. The second-order valence-corrected chi connectivity index (χ2v) is 6.50. The number of aromatic nitrogens is 2. The number of esters is 2. The molecule has 0 spiro atoms. The zero-order valence-electron chi connectivity index (χ0n) is 13.8. The lowest BCUT2D eigenvalue weighted by molar-refractivity contribution is 0.0583. The molecule has 0 radical (unpaired) electrons. The van der Waals surface area contributed by atoms with E-state index >= 15 is 0 Å². The minimum atomic E-state index is -0.869. The van der Waals surface area contributed by atoms with Crippen molar-refractivity contribution in [2.45, 2.75) is 11.4 Å². The van der Waals surface area contributed by atoms with Crippen LogP contribution < -0.4 is 10.3 Å². The fourth-order valence-corrected chi connectivity index (χ4v) is 3.02. The minimum absolute atomic E-state index is 0.223. The second-order valence-electron chi connectivity index (χ2n) is 5.39. The van der Waals surface area contributed by atoms with Gasteiger partial charge >= 0.3 is 11.9 Å². The number of hydrogen-bond acceptors (Lipinski definition) is 7. The third kappa shape index (κ3) is 3.54. The van der Waals surface area contributed by atoms with Gasteiger partial charge in [-0.1, -0.05) is 34.1 Å². The van der Waals surface area contributed by atoms with Gasteiger partial charge in [-0.05, 0) is 12.1 Å². The number of hydrogen-bond donors (Lipinski definition) is 0. The quantitative estimate of drug-likeness (QED) is 0.548. The Hall–Kier alpha value is -2.52. The largest absolute Gasteiger partial charge is 0.464 e. The average molecular weight is 423 g/mol. The number of nitrogens with zero attached hydrogens (tertiary/aromatic N) is 2. The lowest BCUT2D eigenvalue weighted by atomic mass is 10.2. The van der Waals surface area contributed by atoms with Gasteiger partial charge in [0.05, 0.1) is 37.3 Å². The Labute approximate surface area is 156 Å². The molecule has 1 atom stereocenters. The Balaban J connectivity index is 2.11. The van der Waals surface area contributed by atoms with Crippen LogP contribution in [-0.2, 0) is 16.0 Å². The Bertz CT molecular complexity index is 896. The average Bonchev–Trinajstić information content (AvgIpc) is 2.85. The lowest BCUT2D eigenvalue weighted by Gasteiger charge is -2.15. The molecule has 8 nitrogen and oxygen atoms in total. The van der Waals surface area contributed by atoms with Crippen molar-refractivity contribution >= 4 is 27.9 Å². The molecule has 2 heterocycles.